The summed E-state index contributed by atoms with van der Waals surface area (Å²) >= 11 is 3.35. The van der Waals surface area contributed by atoms with Crippen LogP contribution in [0.4, 0.5) is 11.6 Å². The van der Waals surface area contributed by atoms with Gasteiger partial charge in [-0.3, -0.25) is 0 Å². The molecule has 4 N–H and O–H groups in total. The van der Waals surface area contributed by atoms with Crippen LogP contribution in [0.15, 0.2) is 29.0 Å². The molecule has 0 aliphatic heterocycles. The number of hydrogen-bond donors (Lipinski definition) is 2. The molecule has 2 aliphatic carbocycles. The van der Waals surface area contributed by atoms with E-state index in [1.807, 2.05) is 18.3 Å². The van der Waals surface area contributed by atoms with Gasteiger partial charge in [-0.05, 0) is 76.7 Å². The summed E-state index contributed by atoms with van der Waals surface area (Å²) in [6.45, 7) is 0. The topological polar surface area (TPSA) is 102 Å². The van der Waals surface area contributed by atoms with Crippen molar-refractivity contribution in [2.45, 2.75) is 37.5 Å². The van der Waals surface area contributed by atoms with Crippen LogP contribution in [0.5, 0.6) is 0 Å². The molecule has 0 radical (unpaired) electrons. The molecule has 0 unspecified atom stereocenters. The number of nitrogens with zero attached hydrogens (tertiary/aromatic N) is 3. The number of pyridine rings is 2. The van der Waals surface area contributed by atoms with Crippen molar-refractivity contribution in [2.75, 3.05) is 11.5 Å². The van der Waals surface area contributed by atoms with Gasteiger partial charge in [-0.2, -0.15) is 5.26 Å². The number of nitrogens with two attached hydrogens (primary N) is 2. The fourth-order valence-corrected chi connectivity index (χ4v) is 2.69. The number of anilines is 2. The molecule has 2 heterocycles. The van der Waals surface area contributed by atoms with E-state index in [0.29, 0.717) is 23.1 Å². The Hall–Kier alpha value is -2.13. The first-order valence-electron chi connectivity index (χ1n) is 7.65. The van der Waals surface area contributed by atoms with E-state index in [2.05, 4.69) is 32.0 Å². The third-order valence-corrected chi connectivity index (χ3v) is 4.68. The maximum atomic E-state index is 8.68. The van der Waals surface area contributed by atoms with Gasteiger partial charge in [0.05, 0.1) is 10.0 Å². The summed E-state index contributed by atoms with van der Waals surface area (Å²) in [4.78, 5) is 8.04. The van der Waals surface area contributed by atoms with Crippen molar-refractivity contribution in [1.82, 2.24) is 9.97 Å². The minimum Gasteiger partial charge on any atom is -0.383 e. The monoisotopic (exact) mass is 371 g/mol. The Morgan fingerprint density at radius 2 is 1.48 bits per heavy atom. The van der Waals surface area contributed by atoms with E-state index in [0.717, 1.165) is 16.0 Å². The first-order valence-corrected chi connectivity index (χ1v) is 8.44. The molecule has 0 bridgehead atoms. The molecule has 0 spiro atoms. The van der Waals surface area contributed by atoms with Gasteiger partial charge < -0.3 is 11.5 Å². The standard InChI is InChI=1S/C9H9N3.C8H9BrN2/c10-4-7-3-8(6-1-2-6)5-12-9(7)11;9-7-3-6(5-1-2-5)4-11-8(7)10/h3,5-6H,1-2H2,(H2,11,12);3-5H,1-2H2,(H2,10,11). The van der Waals surface area contributed by atoms with Crippen LogP contribution in [0.3, 0.4) is 0 Å². The second-order valence-corrected chi connectivity index (χ2v) is 6.85. The highest BCUT2D eigenvalue weighted by molar-refractivity contribution is 9.10. The van der Waals surface area contributed by atoms with Crippen molar-refractivity contribution in [3.8, 4) is 6.07 Å². The van der Waals surface area contributed by atoms with Crippen LogP contribution in [-0.4, -0.2) is 9.97 Å². The Morgan fingerprint density at radius 1 is 0.957 bits per heavy atom. The summed E-state index contributed by atoms with van der Waals surface area (Å²) in [6.07, 6.45) is 8.69. The van der Waals surface area contributed by atoms with E-state index in [-0.39, 0.29) is 0 Å². The Labute approximate surface area is 143 Å². The summed E-state index contributed by atoms with van der Waals surface area (Å²) in [5, 5.41) is 8.68. The van der Waals surface area contributed by atoms with Crippen molar-refractivity contribution in [3.63, 3.8) is 0 Å². The smallest absolute Gasteiger partial charge is 0.141 e. The highest BCUT2D eigenvalue weighted by atomic mass is 79.9. The summed E-state index contributed by atoms with van der Waals surface area (Å²) in [7, 11) is 0. The Morgan fingerprint density at radius 3 is 1.96 bits per heavy atom. The average Bonchev–Trinajstić information content (AvgIpc) is 3.42. The molecule has 2 aromatic rings. The maximum absolute atomic E-state index is 8.68. The molecule has 2 aliphatic rings. The second kappa shape index (κ2) is 6.55. The molecule has 118 valence electrons. The number of halogens is 1. The second-order valence-electron chi connectivity index (χ2n) is 6.00. The van der Waals surface area contributed by atoms with E-state index in [1.165, 1.54) is 31.2 Å². The summed E-state index contributed by atoms with van der Waals surface area (Å²) in [6, 6.07) is 5.95. The third kappa shape index (κ3) is 3.99. The molecular weight excluding hydrogens is 354 g/mol. The van der Waals surface area contributed by atoms with Crippen molar-refractivity contribution in [3.05, 3.63) is 45.7 Å². The van der Waals surface area contributed by atoms with Gasteiger partial charge in [0.15, 0.2) is 0 Å². The number of nitrogen functional groups attached to an aromatic ring is 2. The van der Waals surface area contributed by atoms with E-state index >= 15 is 0 Å². The summed E-state index contributed by atoms with van der Waals surface area (Å²) < 4.78 is 0.918. The van der Waals surface area contributed by atoms with Crippen LogP contribution in [0.2, 0.25) is 0 Å². The summed E-state index contributed by atoms with van der Waals surface area (Å²) in [5.74, 6) is 2.29. The largest absolute Gasteiger partial charge is 0.383 e. The van der Waals surface area contributed by atoms with Crippen LogP contribution in [0.25, 0.3) is 0 Å². The van der Waals surface area contributed by atoms with Crippen molar-refractivity contribution in [1.29, 1.82) is 5.26 Å². The van der Waals surface area contributed by atoms with Crippen LogP contribution >= 0.6 is 15.9 Å². The zero-order valence-electron chi connectivity index (χ0n) is 12.7. The minimum absolute atomic E-state index is 0.335. The van der Waals surface area contributed by atoms with Crippen LogP contribution in [0.1, 0.15) is 54.2 Å². The Balaban J connectivity index is 0.000000136. The van der Waals surface area contributed by atoms with Gasteiger partial charge in [0.1, 0.15) is 17.7 Å². The molecule has 6 heteroatoms. The van der Waals surface area contributed by atoms with Gasteiger partial charge in [-0.1, -0.05) is 0 Å². The quantitative estimate of drug-likeness (QED) is 0.837. The molecule has 0 atom stereocenters. The maximum Gasteiger partial charge on any atom is 0.141 e. The lowest BCUT2D eigenvalue weighted by molar-refractivity contribution is 1.09. The molecule has 5 nitrogen and oxygen atoms in total. The number of rotatable bonds is 2. The van der Waals surface area contributed by atoms with Gasteiger partial charge in [-0.15, -0.1) is 0 Å². The summed E-state index contributed by atoms with van der Waals surface area (Å²) in [5.41, 5.74) is 14.0. The van der Waals surface area contributed by atoms with E-state index < -0.39 is 0 Å². The first kappa shape index (κ1) is 15.8. The first-order chi connectivity index (χ1) is 11.1. The lowest BCUT2D eigenvalue weighted by atomic mass is 10.1. The molecule has 2 aromatic heterocycles. The van der Waals surface area contributed by atoms with Crippen LogP contribution in [0, 0.1) is 11.3 Å². The predicted molar refractivity (Wildman–Crippen MR) is 93.7 cm³/mol. The van der Waals surface area contributed by atoms with Gasteiger partial charge in [0.2, 0.25) is 0 Å². The molecule has 0 aromatic carbocycles. The van der Waals surface area contributed by atoms with Crippen molar-refractivity contribution < 1.29 is 0 Å². The lowest BCUT2D eigenvalue weighted by Crippen LogP contribution is -1.95. The highest BCUT2D eigenvalue weighted by Gasteiger charge is 2.24. The van der Waals surface area contributed by atoms with Gasteiger partial charge >= 0.3 is 0 Å². The number of hydrogen-bond acceptors (Lipinski definition) is 5. The van der Waals surface area contributed by atoms with E-state index in [9.17, 15) is 0 Å². The van der Waals surface area contributed by atoms with E-state index in [4.69, 9.17) is 16.7 Å². The van der Waals surface area contributed by atoms with E-state index in [1.54, 1.807) is 6.20 Å². The highest BCUT2D eigenvalue weighted by Crippen LogP contribution is 2.41. The SMILES string of the molecule is N#Cc1cc(C2CC2)cnc1N.Nc1ncc(C2CC2)cc1Br. The minimum atomic E-state index is 0.335. The molecular formula is C17H18BrN5. The lowest BCUT2D eigenvalue weighted by Gasteiger charge is -1.99. The molecule has 4 rings (SSSR count). The Kier molecular flexibility index (Phi) is 4.49. The van der Waals surface area contributed by atoms with Crippen molar-refractivity contribution in [2.24, 2.45) is 0 Å². The van der Waals surface area contributed by atoms with Crippen molar-refractivity contribution >= 4 is 27.6 Å². The zero-order chi connectivity index (χ0) is 16.4. The number of nitriles is 1. The third-order valence-electron chi connectivity index (χ3n) is 4.05. The molecule has 2 saturated carbocycles. The fraction of sp³-hybridized carbons (Fsp3) is 0.353. The molecule has 0 saturated heterocycles. The predicted octanol–water partition coefficient (Wildman–Crippen LogP) is 3.72. The average molecular weight is 372 g/mol. The van der Waals surface area contributed by atoms with Gasteiger partial charge in [0.25, 0.3) is 0 Å². The van der Waals surface area contributed by atoms with Gasteiger partial charge in [-0.25, -0.2) is 9.97 Å². The molecule has 23 heavy (non-hydrogen) atoms. The number of aromatic nitrogens is 2. The van der Waals surface area contributed by atoms with Crippen LogP contribution in [-0.2, 0) is 0 Å². The molecule has 0 amide bonds. The Bertz CT molecular complexity index is 760. The van der Waals surface area contributed by atoms with Gasteiger partial charge in [0, 0.05) is 12.4 Å². The fourth-order valence-electron chi connectivity index (χ4n) is 2.32. The molecule has 2 fully saturated rings. The normalized spacial score (nSPS) is 16.2. The van der Waals surface area contributed by atoms with Crippen LogP contribution < -0.4 is 11.5 Å². The zero-order valence-corrected chi connectivity index (χ0v) is 14.3.